The van der Waals surface area contributed by atoms with Crippen molar-refractivity contribution in [3.8, 4) is 22.8 Å². The second kappa shape index (κ2) is 8.43. The number of fused-ring (bicyclic) bond motifs is 1. The van der Waals surface area contributed by atoms with Crippen LogP contribution in [0.1, 0.15) is 25.7 Å². The molecule has 0 unspecified atom stereocenters. The zero-order valence-electron chi connectivity index (χ0n) is 16.8. The molecule has 158 valence electrons. The first-order valence-electron chi connectivity index (χ1n) is 9.85. The number of ether oxygens (including phenoxy) is 2. The summed E-state index contributed by atoms with van der Waals surface area (Å²) in [5.74, 6) is -0.0979. The third-order valence-electron chi connectivity index (χ3n) is 5.67. The molecule has 2 fully saturated rings. The molecule has 1 aliphatic carbocycles. The summed E-state index contributed by atoms with van der Waals surface area (Å²) in [7, 11) is 3.15. The van der Waals surface area contributed by atoms with Crippen LogP contribution in [0.2, 0.25) is 0 Å². The van der Waals surface area contributed by atoms with Crippen molar-refractivity contribution in [2.75, 3.05) is 26.1 Å². The van der Waals surface area contributed by atoms with Crippen LogP contribution in [0.4, 0.5) is 5.13 Å². The Morgan fingerprint density at radius 1 is 1.17 bits per heavy atom. The highest BCUT2D eigenvalue weighted by molar-refractivity contribution is 7.14. The summed E-state index contributed by atoms with van der Waals surface area (Å²) in [6, 6.07) is 5.39. The number of rotatable bonds is 6. The molecular formula is C21H23N3O5S. The molecule has 1 aromatic heterocycles. The minimum atomic E-state index is -0.436. The van der Waals surface area contributed by atoms with Crippen molar-refractivity contribution in [1.29, 1.82) is 0 Å². The highest BCUT2D eigenvalue weighted by Crippen LogP contribution is 2.38. The van der Waals surface area contributed by atoms with Gasteiger partial charge in [0.25, 0.3) is 0 Å². The maximum absolute atomic E-state index is 12.5. The van der Waals surface area contributed by atoms with Crippen LogP contribution in [-0.2, 0) is 14.4 Å². The van der Waals surface area contributed by atoms with E-state index < -0.39 is 5.91 Å². The predicted octanol–water partition coefficient (Wildman–Crippen LogP) is 2.94. The van der Waals surface area contributed by atoms with Gasteiger partial charge in [0.2, 0.25) is 17.7 Å². The lowest BCUT2D eigenvalue weighted by molar-refractivity contribution is -0.142. The first-order valence-corrected chi connectivity index (χ1v) is 10.7. The van der Waals surface area contributed by atoms with Gasteiger partial charge in [-0.1, -0.05) is 12.8 Å². The van der Waals surface area contributed by atoms with Crippen LogP contribution in [0.3, 0.4) is 0 Å². The number of amides is 3. The lowest BCUT2D eigenvalue weighted by atomic mass is 9.81. The van der Waals surface area contributed by atoms with Crippen LogP contribution >= 0.6 is 11.3 Å². The Bertz CT molecular complexity index is 965. The Kier molecular flexibility index (Phi) is 5.72. The van der Waals surface area contributed by atoms with Crippen LogP contribution in [-0.4, -0.2) is 48.4 Å². The number of likely N-dealkylation sites (tertiary alicyclic amines) is 1. The van der Waals surface area contributed by atoms with Crippen molar-refractivity contribution in [2.45, 2.75) is 25.7 Å². The zero-order valence-corrected chi connectivity index (χ0v) is 17.7. The van der Waals surface area contributed by atoms with Gasteiger partial charge >= 0.3 is 0 Å². The number of aromatic nitrogens is 1. The maximum Gasteiger partial charge on any atom is 0.246 e. The monoisotopic (exact) mass is 429 g/mol. The van der Waals surface area contributed by atoms with Crippen molar-refractivity contribution in [2.24, 2.45) is 11.8 Å². The van der Waals surface area contributed by atoms with E-state index in [9.17, 15) is 14.4 Å². The van der Waals surface area contributed by atoms with Crippen LogP contribution < -0.4 is 14.8 Å². The Hall–Kier alpha value is -2.94. The van der Waals surface area contributed by atoms with Crippen molar-refractivity contribution in [1.82, 2.24) is 9.88 Å². The summed E-state index contributed by atoms with van der Waals surface area (Å²) in [5.41, 5.74) is 1.37. The molecule has 2 atom stereocenters. The Morgan fingerprint density at radius 2 is 1.87 bits per heavy atom. The van der Waals surface area contributed by atoms with E-state index in [0.29, 0.717) is 22.3 Å². The second-order valence-electron chi connectivity index (χ2n) is 7.41. The smallest absolute Gasteiger partial charge is 0.246 e. The molecule has 4 rings (SSSR count). The number of imide groups is 1. The zero-order chi connectivity index (χ0) is 21.3. The molecular weight excluding hydrogens is 406 g/mol. The molecule has 2 heterocycles. The summed E-state index contributed by atoms with van der Waals surface area (Å²) in [4.78, 5) is 43.1. The first-order chi connectivity index (χ1) is 14.5. The average Bonchev–Trinajstić information content (AvgIpc) is 3.32. The summed E-state index contributed by atoms with van der Waals surface area (Å²) >= 11 is 1.26. The van der Waals surface area contributed by atoms with Crippen molar-refractivity contribution in [3.63, 3.8) is 0 Å². The predicted molar refractivity (Wildman–Crippen MR) is 111 cm³/mol. The van der Waals surface area contributed by atoms with E-state index in [1.54, 1.807) is 31.7 Å². The van der Waals surface area contributed by atoms with Crippen LogP contribution in [0.25, 0.3) is 11.3 Å². The van der Waals surface area contributed by atoms with Gasteiger partial charge in [-0.15, -0.1) is 11.3 Å². The molecule has 1 saturated carbocycles. The first kappa shape index (κ1) is 20.3. The second-order valence-corrected chi connectivity index (χ2v) is 8.27. The number of benzene rings is 1. The minimum absolute atomic E-state index is 0.221. The van der Waals surface area contributed by atoms with Crippen molar-refractivity contribution in [3.05, 3.63) is 23.6 Å². The molecule has 30 heavy (non-hydrogen) atoms. The Labute approximate surface area is 178 Å². The fourth-order valence-electron chi connectivity index (χ4n) is 4.16. The standard InChI is InChI=1S/C21H23N3O5S/c1-28-12-7-8-17(29-2)15(9-12)16-11-30-21(22-16)23-18(25)10-24-19(26)13-5-3-4-6-14(13)20(24)27/h7-9,11,13-14H,3-6,10H2,1-2H3,(H,22,23,25)/t13-,14-/m1/s1. The number of hydrogen-bond acceptors (Lipinski definition) is 7. The van der Waals surface area contributed by atoms with Gasteiger partial charge in [0.15, 0.2) is 5.13 Å². The largest absolute Gasteiger partial charge is 0.497 e. The molecule has 0 radical (unpaired) electrons. The van der Waals surface area contributed by atoms with Gasteiger partial charge in [-0.2, -0.15) is 0 Å². The number of thiazole rings is 1. The lowest BCUT2D eigenvalue weighted by Gasteiger charge is -2.19. The average molecular weight is 429 g/mol. The number of carbonyl (C=O) groups is 3. The fraction of sp³-hybridized carbons (Fsp3) is 0.429. The number of nitrogens with zero attached hydrogens (tertiary/aromatic N) is 2. The van der Waals surface area contributed by atoms with E-state index in [-0.39, 0.29) is 30.2 Å². The molecule has 8 nitrogen and oxygen atoms in total. The van der Waals surface area contributed by atoms with E-state index in [4.69, 9.17) is 9.47 Å². The highest BCUT2D eigenvalue weighted by atomic mass is 32.1. The van der Waals surface area contributed by atoms with Crippen LogP contribution in [0.15, 0.2) is 23.6 Å². The van der Waals surface area contributed by atoms with E-state index in [2.05, 4.69) is 10.3 Å². The summed E-state index contributed by atoms with van der Waals surface area (Å²) in [6.45, 7) is -0.276. The van der Waals surface area contributed by atoms with E-state index in [0.717, 1.165) is 36.1 Å². The third kappa shape index (κ3) is 3.77. The van der Waals surface area contributed by atoms with Gasteiger partial charge in [0, 0.05) is 10.9 Å². The van der Waals surface area contributed by atoms with Gasteiger partial charge < -0.3 is 14.8 Å². The van der Waals surface area contributed by atoms with Crippen molar-refractivity contribution < 1.29 is 23.9 Å². The molecule has 1 saturated heterocycles. The third-order valence-corrected chi connectivity index (χ3v) is 6.42. The molecule has 0 bridgehead atoms. The summed E-state index contributed by atoms with van der Waals surface area (Å²) in [6.07, 6.45) is 3.36. The van der Waals surface area contributed by atoms with Crippen molar-refractivity contribution >= 4 is 34.2 Å². The summed E-state index contributed by atoms with van der Waals surface area (Å²) < 4.78 is 10.7. The van der Waals surface area contributed by atoms with Gasteiger partial charge in [-0.3, -0.25) is 19.3 Å². The molecule has 1 aromatic carbocycles. The number of hydrogen-bond donors (Lipinski definition) is 1. The quantitative estimate of drug-likeness (QED) is 0.709. The minimum Gasteiger partial charge on any atom is -0.497 e. The molecule has 1 aliphatic heterocycles. The maximum atomic E-state index is 12.5. The SMILES string of the molecule is COc1ccc(OC)c(-c2csc(NC(=O)CN3C(=O)[C@@H]4CCCC[C@H]4C3=O)n2)c1. The molecule has 1 N–H and O–H groups in total. The highest BCUT2D eigenvalue weighted by Gasteiger charge is 2.48. The Balaban J connectivity index is 1.45. The molecule has 3 amide bonds. The lowest BCUT2D eigenvalue weighted by Crippen LogP contribution is -2.38. The Morgan fingerprint density at radius 3 is 2.50 bits per heavy atom. The normalized spacial score (nSPS) is 20.8. The number of carbonyl (C=O) groups excluding carboxylic acids is 3. The van der Waals surface area contributed by atoms with Gasteiger partial charge in [-0.05, 0) is 31.0 Å². The van der Waals surface area contributed by atoms with E-state index in [1.807, 2.05) is 6.07 Å². The van der Waals surface area contributed by atoms with Gasteiger partial charge in [0.1, 0.15) is 18.0 Å². The molecule has 0 spiro atoms. The van der Waals surface area contributed by atoms with Crippen LogP contribution in [0.5, 0.6) is 11.5 Å². The molecule has 2 aromatic rings. The van der Waals surface area contributed by atoms with E-state index in [1.165, 1.54) is 11.3 Å². The van der Waals surface area contributed by atoms with Gasteiger partial charge in [-0.25, -0.2) is 4.98 Å². The van der Waals surface area contributed by atoms with Gasteiger partial charge in [0.05, 0.1) is 31.7 Å². The molecule has 2 aliphatic rings. The van der Waals surface area contributed by atoms with Crippen LogP contribution in [0, 0.1) is 11.8 Å². The number of anilines is 1. The van der Waals surface area contributed by atoms with E-state index >= 15 is 0 Å². The fourth-order valence-corrected chi connectivity index (χ4v) is 4.89. The molecule has 9 heteroatoms. The summed E-state index contributed by atoms with van der Waals surface area (Å²) in [5, 5.41) is 4.88. The topological polar surface area (TPSA) is 97.8 Å². The number of nitrogens with one attached hydrogen (secondary N) is 1. The number of methoxy groups -OCH3 is 2.